The lowest BCUT2D eigenvalue weighted by atomic mass is 10.1. The molecule has 1 aromatic carbocycles. The molecule has 0 unspecified atom stereocenters. The number of hydrogen-bond acceptors (Lipinski definition) is 3. The van der Waals surface area contributed by atoms with Crippen LogP contribution in [-0.2, 0) is 9.59 Å². The maximum absolute atomic E-state index is 12.4. The number of nitrogens with zero attached hydrogens (tertiary/aromatic N) is 2. The number of likely N-dealkylation sites (N-methyl/N-ethyl adjacent to an activating group) is 2. The molecule has 0 aliphatic carbocycles. The Morgan fingerprint density at radius 1 is 1.00 bits per heavy atom. The van der Waals surface area contributed by atoms with Gasteiger partial charge in [0.15, 0.2) is 5.11 Å². The zero-order chi connectivity index (χ0) is 16.1. The molecule has 0 atom stereocenters. The van der Waals surface area contributed by atoms with E-state index in [-0.39, 0.29) is 22.5 Å². The summed E-state index contributed by atoms with van der Waals surface area (Å²) in [5.41, 5.74) is 1.15. The predicted octanol–water partition coefficient (Wildman–Crippen LogP) is 2.62. The van der Waals surface area contributed by atoms with E-state index >= 15 is 0 Å². The van der Waals surface area contributed by atoms with Crippen molar-refractivity contribution >= 4 is 35.2 Å². The quantitative estimate of drug-likeness (QED) is 0.487. The van der Waals surface area contributed by atoms with E-state index in [0.717, 1.165) is 5.56 Å². The Morgan fingerprint density at radius 3 is 2.05 bits per heavy atom. The fourth-order valence-electron chi connectivity index (χ4n) is 2.22. The first-order chi connectivity index (χ1) is 10.6. The summed E-state index contributed by atoms with van der Waals surface area (Å²) >= 11 is 5.21. The van der Waals surface area contributed by atoms with Crippen LogP contribution >= 0.6 is 12.2 Å². The third-order valence-corrected chi connectivity index (χ3v) is 3.84. The van der Waals surface area contributed by atoms with Crippen LogP contribution in [-0.4, -0.2) is 39.8 Å². The van der Waals surface area contributed by atoms with Gasteiger partial charge in [0.2, 0.25) is 0 Å². The van der Waals surface area contributed by atoms with Crippen molar-refractivity contribution in [3.05, 3.63) is 53.6 Å². The van der Waals surface area contributed by atoms with Gasteiger partial charge in [-0.05, 0) is 37.7 Å². The molecule has 1 saturated heterocycles. The van der Waals surface area contributed by atoms with E-state index < -0.39 is 0 Å². The number of carbonyl (C=O) groups excluding carboxylic acids is 2. The van der Waals surface area contributed by atoms with Gasteiger partial charge in [0.05, 0.1) is 0 Å². The molecule has 0 N–H and O–H groups in total. The lowest BCUT2D eigenvalue weighted by Crippen LogP contribution is -2.55. The number of rotatable bonds is 4. The summed E-state index contributed by atoms with van der Waals surface area (Å²) in [4.78, 5) is 27.6. The highest BCUT2D eigenvalue weighted by Crippen LogP contribution is 2.17. The summed E-state index contributed by atoms with van der Waals surface area (Å²) in [5.74, 6) is -0.667. The monoisotopic (exact) mass is 314 g/mol. The molecule has 1 fully saturated rings. The summed E-state index contributed by atoms with van der Waals surface area (Å²) in [6, 6.07) is 9.69. The average Bonchev–Trinajstić information content (AvgIpc) is 2.52. The van der Waals surface area contributed by atoms with Crippen LogP contribution in [0.3, 0.4) is 0 Å². The molecule has 5 heteroatoms. The molecule has 0 spiro atoms. The minimum atomic E-state index is -0.333. The lowest BCUT2D eigenvalue weighted by Gasteiger charge is -2.35. The second kappa shape index (κ2) is 7.13. The van der Waals surface area contributed by atoms with E-state index in [1.807, 2.05) is 50.3 Å². The number of thiocarbonyl (C=S) groups is 1. The van der Waals surface area contributed by atoms with E-state index in [1.54, 1.807) is 12.2 Å². The summed E-state index contributed by atoms with van der Waals surface area (Å²) < 4.78 is 0. The van der Waals surface area contributed by atoms with Crippen LogP contribution in [0.15, 0.2) is 48.1 Å². The molecule has 0 radical (unpaired) electrons. The number of allylic oxidation sites excluding steroid dienone is 2. The van der Waals surface area contributed by atoms with Gasteiger partial charge in [0.25, 0.3) is 11.8 Å². The summed E-state index contributed by atoms with van der Waals surface area (Å²) in [6.07, 6.45) is 5.13. The molecule has 1 aromatic rings. The van der Waals surface area contributed by atoms with Crippen molar-refractivity contribution in [3.8, 4) is 0 Å². The van der Waals surface area contributed by atoms with Gasteiger partial charge in [0.1, 0.15) is 5.57 Å². The highest BCUT2D eigenvalue weighted by Gasteiger charge is 2.37. The minimum absolute atomic E-state index is 0.143. The lowest BCUT2D eigenvalue weighted by molar-refractivity contribution is -0.133. The van der Waals surface area contributed by atoms with Crippen LogP contribution in [0.2, 0.25) is 0 Å². The molecule has 2 amide bonds. The average molecular weight is 314 g/mol. The Labute approximate surface area is 135 Å². The van der Waals surface area contributed by atoms with Crippen molar-refractivity contribution in [2.45, 2.75) is 13.8 Å². The third-order valence-electron chi connectivity index (χ3n) is 3.40. The first-order valence-corrected chi connectivity index (χ1v) is 7.62. The standard InChI is InChI=1S/C17H18N2O2S/c1-3-18-15(20)14(16(21)19(4-2)17(18)22)12-8-11-13-9-6-5-7-10-13/h5-12H,3-4H2,1-2H3. The van der Waals surface area contributed by atoms with Crippen LogP contribution in [0, 0.1) is 0 Å². The van der Waals surface area contributed by atoms with Crippen LogP contribution in [0.4, 0.5) is 0 Å². The van der Waals surface area contributed by atoms with Gasteiger partial charge >= 0.3 is 0 Å². The molecular formula is C17H18N2O2S. The fourth-order valence-corrected chi connectivity index (χ4v) is 2.65. The SMILES string of the molecule is CCN1C(=O)C(=CC=Cc2ccccc2)C(=O)N(CC)C1=S. The molecular weight excluding hydrogens is 296 g/mol. The minimum Gasteiger partial charge on any atom is -0.285 e. The van der Waals surface area contributed by atoms with Crippen molar-refractivity contribution in [1.82, 2.24) is 9.80 Å². The second-order valence-corrected chi connectivity index (χ2v) is 5.10. The highest BCUT2D eigenvalue weighted by atomic mass is 32.1. The van der Waals surface area contributed by atoms with E-state index in [1.165, 1.54) is 9.80 Å². The number of benzene rings is 1. The van der Waals surface area contributed by atoms with Crippen molar-refractivity contribution in [1.29, 1.82) is 0 Å². The molecule has 1 aliphatic heterocycles. The van der Waals surface area contributed by atoms with Gasteiger partial charge in [-0.15, -0.1) is 0 Å². The largest absolute Gasteiger partial charge is 0.285 e. The molecule has 0 aromatic heterocycles. The van der Waals surface area contributed by atoms with Gasteiger partial charge < -0.3 is 0 Å². The predicted molar refractivity (Wildman–Crippen MR) is 90.9 cm³/mol. The van der Waals surface area contributed by atoms with E-state index in [2.05, 4.69) is 0 Å². The highest BCUT2D eigenvalue weighted by molar-refractivity contribution is 7.80. The van der Waals surface area contributed by atoms with Gasteiger partial charge in [0, 0.05) is 13.1 Å². The normalized spacial score (nSPS) is 15.9. The fraction of sp³-hybridized carbons (Fsp3) is 0.235. The smallest absolute Gasteiger partial charge is 0.265 e. The first kappa shape index (κ1) is 16.1. The van der Waals surface area contributed by atoms with E-state index in [4.69, 9.17) is 12.2 Å². The van der Waals surface area contributed by atoms with Crippen LogP contribution in [0.1, 0.15) is 19.4 Å². The van der Waals surface area contributed by atoms with Crippen molar-refractivity contribution in [3.63, 3.8) is 0 Å². The molecule has 0 bridgehead atoms. The molecule has 0 saturated carbocycles. The summed E-state index contributed by atoms with van der Waals surface area (Å²) in [7, 11) is 0. The van der Waals surface area contributed by atoms with E-state index in [9.17, 15) is 9.59 Å². The Balaban J connectivity index is 2.29. The Morgan fingerprint density at radius 2 is 1.55 bits per heavy atom. The van der Waals surface area contributed by atoms with Crippen molar-refractivity contribution < 1.29 is 9.59 Å². The number of amides is 2. The maximum atomic E-state index is 12.4. The van der Waals surface area contributed by atoms with Crippen LogP contribution < -0.4 is 0 Å². The molecule has 1 aliphatic rings. The molecule has 4 nitrogen and oxygen atoms in total. The molecule has 22 heavy (non-hydrogen) atoms. The van der Waals surface area contributed by atoms with Crippen molar-refractivity contribution in [2.24, 2.45) is 0 Å². The molecule has 1 heterocycles. The zero-order valence-electron chi connectivity index (χ0n) is 12.7. The van der Waals surface area contributed by atoms with Gasteiger partial charge in [-0.2, -0.15) is 0 Å². The zero-order valence-corrected chi connectivity index (χ0v) is 13.5. The van der Waals surface area contributed by atoms with Gasteiger partial charge in [-0.1, -0.05) is 42.5 Å². The summed E-state index contributed by atoms with van der Waals surface area (Å²) in [5, 5.41) is 0.282. The number of hydrogen-bond donors (Lipinski definition) is 0. The van der Waals surface area contributed by atoms with E-state index in [0.29, 0.717) is 13.1 Å². The van der Waals surface area contributed by atoms with Crippen molar-refractivity contribution in [2.75, 3.05) is 13.1 Å². The van der Waals surface area contributed by atoms with Gasteiger partial charge in [-0.25, -0.2) is 0 Å². The molecule has 2 rings (SSSR count). The Bertz CT molecular complexity index is 622. The first-order valence-electron chi connectivity index (χ1n) is 7.21. The van der Waals surface area contributed by atoms with Crippen LogP contribution in [0.25, 0.3) is 6.08 Å². The third kappa shape index (κ3) is 3.14. The second-order valence-electron chi connectivity index (χ2n) is 4.73. The van der Waals surface area contributed by atoms with Gasteiger partial charge in [-0.3, -0.25) is 19.4 Å². The summed E-state index contributed by atoms with van der Waals surface area (Å²) in [6.45, 7) is 4.57. The Kier molecular flexibility index (Phi) is 5.22. The topological polar surface area (TPSA) is 40.6 Å². The van der Waals surface area contributed by atoms with Crippen LogP contribution in [0.5, 0.6) is 0 Å². The number of carbonyl (C=O) groups is 2. The molecule has 114 valence electrons. The Hall–Kier alpha value is -2.27. The maximum Gasteiger partial charge on any atom is 0.265 e.